The Labute approximate surface area is 176 Å². The zero-order chi connectivity index (χ0) is 21.8. The third-order valence-electron chi connectivity index (χ3n) is 4.26. The van der Waals surface area contributed by atoms with Gasteiger partial charge in [-0.05, 0) is 61.0 Å². The molecule has 3 aromatic rings. The van der Waals surface area contributed by atoms with Crippen LogP contribution in [0.15, 0.2) is 77.7 Å². The topological polar surface area (TPSA) is 102 Å². The highest BCUT2D eigenvalue weighted by Gasteiger charge is 2.16. The van der Waals surface area contributed by atoms with Crippen molar-refractivity contribution in [3.8, 4) is 5.75 Å². The summed E-state index contributed by atoms with van der Waals surface area (Å²) in [7, 11) is -5.92. The lowest BCUT2D eigenvalue weighted by molar-refractivity contribution is 0.415. The molecule has 3 rings (SSSR count). The zero-order valence-electron chi connectivity index (χ0n) is 16.5. The molecular formula is C21H22N2O5S2. The summed E-state index contributed by atoms with van der Waals surface area (Å²) in [6, 6.07) is 19.2. The second kappa shape index (κ2) is 8.76. The second-order valence-corrected chi connectivity index (χ2v) is 10.1. The van der Waals surface area contributed by atoms with Gasteiger partial charge in [-0.15, -0.1) is 0 Å². The van der Waals surface area contributed by atoms with Crippen LogP contribution in [0.5, 0.6) is 5.75 Å². The highest BCUT2D eigenvalue weighted by atomic mass is 32.2. The van der Waals surface area contributed by atoms with E-state index in [2.05, 4.69) is 9.44 Å². The zero-order valence-corrected chi connectivity index (χ0v) is 18.1. The van der Waals surface area contributed by atoms with Gasteiger partial charge in [-0.1, -0.05) is 29.8 Å². The van der Waals surface area contributed by atoms with Crippen molar-refractivity contribution in [2.75, 3.05) is 16.6 Å². The summed E-state index contributed by atoms with van der Waals surface area (Å²) in [4.78, 5) is 0.0137. The van der Waals surface area contributed by atoms with Crippen molar-refractivity contribution >= 4 is 31.4 Å². The Morgan fingerprint density at radius 2 is 1.27 bits per heavy atom. The first-order valence-corrected chi connectivity index (χ1v) is 12.1. The van der Waals surface area contributed by atoms with Crippen LogP contribution in [0.4, 0.5) is 11.4 Å². The van der Waals surface area contributed by atoms with Gasteiger partial charge in [0.1, 0.15) is 5.75 Å². The largest absolute Gasteiger partial charge is 0.497 e. The highest BCUT2D eigenvalue weighted by molar-refractivity contribution is 7.92. The Morgan fingerprint density at radius 3 is 1.83 bits per heavy atom. The van der Waals surface area contributed by atoms with E-state index in [0.717, 1.165) is 5.56 Å². The van der Waals surface area contributed by atoms with Crippen molar-refractivity contribution in [1.29, 1.82) is 0 Å². The van der Waals surface area contributed by atoms with Gasteiger partial charge in [0.15, 0.2) is 0 Å². The highest BCUT2D eigenvalue weighted by Crippen LogP contribution is 2.21. The van der Waals surface area contributed by atoms with Gasteiger partial charge in [-0.25, -0.2) is 16.8 Å². The van der Waals surface area contributed by atoms with Gasteiger partial charge in [-0.3, -0.25) is 9.44 Å². The lowest BCUT2D eigenvalue weighted by atomic mass is 10.2. The Morgan fingerprint density at radius 1 is 0.733 bits per heavy atom. The molecule has 0 saturated carbocycles. The smallest absolute Gasteiger partial charge is 0.261 e. The van der Waals surface area contributed by atoms with Gasteiger partial charge in [0.2, 0.25) is 10.0 Å². The molecule has 0 saturated heterocycles. The molecule has 0 amide bonds. The van der Waals surface area contributed by atoms with Crippen molar-refractivity contribution < 1.29 is 21.6 Å². The molecule has 0 fully saturated rings. The monoisotopic (exact) mass is 446 g/mol. The minimum atomic E-state index is -3.81. The average Bonchev–Trinajstić information content (AvgIpc) is 2.70. The van der Waals surface area contributed by atoms with E-state index in [-0.39, 0.29) is 16.3 Å². The van der Waals surface area contributed by atoms with E-state index in [1.165, 1.54) is 31.4 Å². The van der Waals surface area contributed by atoms with Crippen LogP contribution in [0, 0.1) is 6.92 Å². The number of methoxy groups -OCH3 is 1. The van der Waals surface area contributed by atoms with Gasteiger partial charge in [0.05, 0.1) is 17.8 Å². The third-order valence-corrected chi connectivity index (χ3v) is 6.91. The molecule has 2 N–H and O–H groups in total. The lowest BCUT2D eigenvalue weighted by Crippen LogP contribution is -2.16. The molecule has 9 heteroatoms. The summed E-state index contributed by atoms with van der Waals surface area (Å²) in [5.74, 6) is 0.437. The van der Waals surface area contributed by atoms with Gasteiger partial charge in [0, 0.05) is 11.4 Å². The number of sulfonamides is 2. The Balaban J connectivity index is 1.69. The molecule has 0 bridgehead atoms. The summed E-state index contributed by atoms with van der Waals surface area (Å²) in [5, 5.41) is 0. The van der Waals surface area contributed by atoms with Crippen LogP contribution in [-0.2, 0) is 25.8 Å². The molecule has 0 aliphatic carbocycles. The van der Waals surface area contributed by atoms with Crippen LogP contribution in [0.2, 0.25) is 0 Å². The predicted octanol–water partition coefficient (Wildman–Crippen LogP) is 3.75. The van der Waals surface area contributed by atoms with Gasteiger partial charge in [0.25, 0.3) is 10.0 Å². The number of nitrogens with one attached hydrogen (secondary N) is 2. The third kappa shape index (κ3) is 5.74. The van der Waals surface area contributed by atoms with E-state index >= 15 is 0 Å². The number of ether oxygens (including phenoxy) is 1. The van der Waals surface area contributed by atoms with Crippen LogP contribution in [0.25, 0.3) is 0 Å². The van der Waals surface area contributed by atoms with E-state index in [0.29, 0.717) is 17.0 Å². The molecule has 0 aromatic heterocycles. The van der Waals surface area contributed by atoms with Gasteiger partial charge in [-0.2, -0.15) is 0 Å². The van der Waals surface area contributed by atoms with Gasteiger partial charge < -0.3 is 4.74 Å². The maximum Gasteiger partial charge on any atom is 0.261 e. The summed E-state index contributed by atoms with van der Waals surface area (Å²) >= 11 is 0. The van der Waals surface area contributed by atoms with Gasteiger partial charge >= 0.3 is 0 Å². The lowest BCUT2D eigenvalue weighted by Gasteiger charge is -2.11. The first-order chi connectivity index (χ1) is 14.2. The maximum atomic E-state index is 12.5. The Hall–Kier alpha value is -3.04. The molecule has 30 heavy (non-hydrogen) atoms. The number of rotatable bonds is 8. The van der Waals surface area contributed by atoms with E-state index in [1.807, 2.05) is 19.1 Å². The SMILES string of the molecule is COc1ccc(NS(=O)(=O)c2ccc(NS(=O)(=O)Cc3ccc(C)cc3)cc2)cc1. The minimum absolute atomic E-state index is 0.0137. The number of aryl methyl sites for hydroxylation is 1. The van der Waals surface area contributed by atoms with Crippen LogP contribution < -0.4 is 14.2 Å². The quantitative estimate of drug-likeness (QED) is 0.549. The Bertz CT molecular complexity index is 1200. The van der Waals surface area contributed by atoms with E-state index in [9.17, 15) is 16.8 Å². The predicted molar refractivity (Wildman–Crippen MR) is 118 cm³/mol. The molecule has 0 atom stereocenters. The van der Waals surface area contributed by atoms with Crippen molar-refractivity contribution in [2.45, 2.75) is 17.6 Å². The fourth-order valence-electron chi connectivity index (χ4n) is 2.69. The maximum absolute atomic E-state index is 12.5. The van der Waals surface area contributed by atoms with E-state index < -0.39 is 20.0 Å². The van der Waals surface area contributed by atoms with E-state index in [4.69, 9.17) is 4.74 Å². The summed E-state index contributed by atoms with van der Waals surface area (Å²) in [5.41, 5.74) is 2.38. The molecule has 0 spiro atoms. The normalized spacial score (nSPS) is 11.7. The first kappa shape index (κ1) is 21.7. The number of benzene rings is 3. The minimum Gasteiger partial charge on any atom is -0.497 e. The van der Waals surface area contributed by atoms with Crippen LogP contribution >= 0.6 is 0 Å². The summed E-state index contributed by atoms with van der Waals surface area (Å²) in [6.45, 7) is 1.93. The number of anilines is 2. The number of hydrogen-bond acceptors (Lipinski definition) is 5. The fourth-order valence-corrected chi connectivity index (χ4v) is 4.95. The molecule has 0 aliphatic rings. The van der Waals surface area contributed by atoms with Crippen LogP contribution in [0.3, 0.4) is 0 Å². The molecular weight excluding hydrogens is 424 g/mol. The molecule has 7 nitrogen and oxygen atoms in total. The fraction of sp³-hybridized carbons (Fsp3) is 0.143. The molecule has 158 valence electrons. The molecule has 3 aromatic carbocycles. The Kier molecular flexibility index (Phi) is 6.33. The van der Waals surface area contributed by atoms with Crippen molar-refractivity contribution in [2.24, 2.45) is 0 Å². The molecule has 0 radical (unpaired) electrons. The molecule has 0 heterocycles. The standard InChI is InChI=1S/C21H22N2O5S2/c1-16-3-5-17(6-4-16)15-29(24,25)22-18-9-13-21(14-10-18)30(26,27)23-19-7-11-20(28-2)12-8-19/h3-14,22-23H,15H2,1-2H3. The molecule has 0 unspecified atom stereocenters. The van der Waals surface area contributed by atoms with Crippen molar-refractivity contribution in [3.63, 3.8) is 0 Å². The van der Waals surface area contributed by atoms with Crippen LogP contribution in [-0.4, -0.2) is 23.9 Å². The first-order valence-electron chi connectivity index (χ1n) is 9.00. The van der Waals surface area contributed by atoms with Crippen LogP contribution in [0.1, 0.15) is 11.1 Å². The number of hydrogen-bond donors (Lipinski definition) is 2. The van der Waals surface area contributed by atoms with E-state index in [1.54, 1.807) is 36.4 Å². The summed E-state index contributed by atoms with van der Waals surface area (Å²) < 4.78 is 59.8. The second-order valence-electron chi connectivity index (χ2n) is 6.71. The summed E-state index contributed by atoms with van der Waals surface area (Å²) in [6.07, 6.45) is 0. The van der Waals surface area contributed by atoms with Crippen molar-refractivity contribution in [1.82, 2.24) is 0 Å². The molecule has 0 aliphatic heterocycles. The van der Waals surface area contributed by atoms with Crippen molar-refractivity contribution in [3.05, 3.63) is 83.9 Å². The average molecular weight is 447 g/mol.